The first kappa shape index (κ1) is 48.5. The first-order valence-electron chi connectivity index (χ1n) is 23.5. The first-order chi connectivity index (χ1) is 34.8. The lowest BCUT2D eigenvalue weighted by molar-refractivity contribution is -0.138. The van der Waals surface area contributed by atoms with Gasteiger partial charge < -0.3 is 0 Å². The number of halogens is 6. The number of aryl methyl sites for hydroxylation is 2. The summed E-state index contributed by atoms with van der Waals surface area (Å²) < 4.78 is 82.6. The molecule has 354 valence electrons. The summed E-state index contributed by atoms with van der Waals surface area (Å²) in [7, 11) is 0. The Balaban J connectivity index is 0.919. The maximum atomic E-state index is 13.8. The van der Waals surface area contributed by atoms with Crippen molar-refractivity contribution in [2.45, 2.75) is 26.2 Å². The van der Waals surface area contributed by atoms with Gasteiger partial charge in [0.25, 0.3) is 0 Å². The van der Waals surface area contributed by atoms with E-state index < -0.39 is 23.5 Å². The van der Waals surface area contributed by atoms with Crippen LogP contribution in [-0.4, -0.2) is 0 Å². The fraction of sp³-hybridized carbons (Fsp3) is 0.0606. The van der Waals surface area contributed by atoms with Gasteiger partial charge in [0.2, 0.25) is 0 Å². The second kappa shape index (κ2) is 21.3. The fourth-order valence-electron chi connectivity index (χ4n) is 8.89. The highest BCUT2D eigenvalue weighted by atomic mass is 19.4. The predicted molar refractivity (Wildman–Crippen MR) is 287 cm³/mol. The van der Waals surface area contributed by atoms with E-state index in [-0.39, 0.29) is 0 Å². The van der Waals surface area contributed by atoms with Crippen LogP contribution in [0.25, 0.3) is 69.9 Å². The van der Waals surface area contributed by atoms with Crippen molar-refractivity contribution in [3.8, 4) is 22.3 Å². The van der Waals surface area contributed by atoms with Crippen molar-refractivity contribution in [3.05, 3.63) is 296 Å². The monoisotopic (exact) mass is 954 g/mol. The average molecular weight is 955 g/mol. The van der Waals surface area contributed by atoms with E-state index >= 15 is 0 Å². The standard InChI is InChI=1S/C66H48F6/c1-45-39-62(54-37-31-48(32-38-54)28-34-50-16-10-12-22-56(50)44-64(52-19-7-4-8-20-52)58-24-14-26-60(42-58)66(70,71)72)46(2)40-61(45)53-35-29-47(30-36-53)27-33-49-15-9-11-21-55(49)43-63(51-17-5-3-6-18-51)57-23-13-25-59(41-57)65(67,68)69/h3-44H,1-2H3. The Labute approximate surface area is 417 Å². The minimum absolute atomic E-state index is 0.484. The van der Waals surface area contributed by atoms with Crippen molar-refractivity contribution in [1.82, 2.24) is 0 Å². The molecule has 0 heterocycles. The van der Waals surface area contributed by atoms with Crippen LogP contribution in [0.1, 0.15) is 77.9 Å². The van der Waals surface area contributed by atoms with Crippen LogP contribution in [0.15, 0.2) is 218 Å². The van der Waals surface area contributed by atoms with Gasteiger partial charge in [-0.25, -0.2) is 0 Å². The molecule has 9 aromatic carbocycles. The number of hydrogen-bond acceptors (Lipinski definition) is 0. The Kier molecular flexibility index (Phi) is 14.3. The molecule has 0 nitrogen and oxygen atoms in total. The quantitative estimate of drug-likeness (QED) is 0.0846. The van der Waals surface area contributed by atoms with E-state index in [2.05, 4.69) is 74.5 Å². The Morgan fingerprint density at radius 3 is 1.01 bits per heavy atom. The minimum atomic E-state index is -4.46. The van der Waals surface area contributed by atoms with Crippen LogP contribution in [0.4, 0.5) is 26.3 Å². The Hall–Kier alpha value is -8.48. The molecule has 0 spiro atoms. The highest BCUT2D eigenvalue weighted by Crippen LogP contribution is 2.37. The molecule has 0 fully saturated rings. The van der Waals surface area contributed by atoms with Gasteiger partial charge in [0.15, 0.2) is 0 Å². The van der Waals surface area contributed by atoms with Crippen molar-refractivity contribution in [3.63, 3.8) is 0 Å². The number of hydrogen-bond donors (Lipinski definition) is 0. The van der Waals surface area contributed by atoms with Gasteiger partial charge >= 0.3 is 12.4 Å². The lowest BCUT2D eigenvalue weighted by Gasteiger charge is -2.14. The third-order valence-electron chi connectivity index (χ3n) is 12.7. The van der Waals surface area contributed by atoms with Gasteiger partial charge in [0.05, 0.1) is 11.1 Å². The highest BCUT2D eigenvalue weighted by Gasteiger charge is 2.31. The zero-order valence-corrected chi connectivity index (χ0v) is 39.5. The molecule has 0 N–H and O–H groups in total. The summed E-state index contributed by atoms with van der Waals surface area (Å²) in [6.07, 6.45) is 3.16. The van der Waals surface area contributed by atoms with Crippen LogP contribution in [0.5, 0.6) is 0 Å². The molecule has 0 saturated heterocycles. The zero-order chi connectivity index (χ0) is 50.2. The second-order valence-electron chi connectivity index (χ2n) is 17.7. The summed E-state index contributed by atoms with van der Waals surface area (Å²) in [5.74, 6) is 0. The minimum Gasteiger partial charge on any atom is -0.166 e. The van der Waals surface area contributed by atoms with E-state index in [4.69, 9.17) is 0 Å². The normalized spacial score (nSPS) is 12.5. The molecule has 0 saturated carbocycles. The Morgan fingerprint density at radius 1 is 0.319 bits per heavy atom. The molecule has 0 aliphatic carbocycles. The summed E-state index contributed by atoms with van der Waals surface area (Å²) in [5, 5.41) is 0. The summed E-state index contributed by atoms with van der Waals surface area (Å²) in [5.41, 5.74) is 15.0. The third-order valence-corrected chi connectivity index (χ3v) is 12.7. The van der Waals surface area contributed by atoms with Crippen molar-refractivity contribution in [1.29, 1.82) is 0 Å². The van der Waals surface area contributed by atoms with Gasteiger partial charge in [-0.15, -0.1) is 0 Å². The van der Waals surface area contributed by atoms with Gasteiger partial charge in [0.1, 0.15) is 0 Å². The third kappa shape index (κ3) is 11.6. The van der Waals surface area contributed by atoms with Crippen molar-refractivity contribution < 1.29 is 26.3 Å². The molecule has 0 aliphatic rings. The van der Waals surface area contributed by atoms with Gasteiger partial charge in [0, 0.05) is 0 Å². The average Bonchev–Trinajstić information content (AvgIpc) is 3.40. The SMILES string of the molecule is Cc1cc(-c2ccc(C=Cc3ccccc3C=C(c3ccccc3)c3cccc(C(F)(F)F)c3)cc2)c(C)cc1-c1ccc(C=Cc2ccccc2C=C(c2ccccc2)c2cccc(C(F)(F)F)c2)cc1. The zero-order valence-electron chi connectivity index (χ0n) is 39.5. The first-order valence-corrected chi connectivity index (χ1v) is 23.5. The van der Waals surface area contributed by atoms with E-state index in [1.165, 1.54) is 24.3 Å². The van der Waals surface area contributed by atoms with Crippen LogP contribution in [0.3, 0.4) is 0 Å². The van der Waals surface area contributed by atoms with E-state index in [0.29, 0.717) is 22.3 Å². The molecule has 0 radical (unpaired) electrons. The molecule has 0 bridgehead atoms. The van der Waals surface area contributed by atoms with Gasteiger partial charge in [-0.2, -0.15) is 26.3 Å². The van der Waals surface area contributed by atoms with Crippen LogP contribution < -0.4 is 0 Å². The molecular weight excluding hydrogens is 907 g/mol. The van der Waals surface area contributed by atoms with Crippen LogP contribution in [0.2, 0.25) is 0 Å². The number of rotatable bonds is 12. The summed E-state index contributed by atoms with van der Waals surface area (Å²) in [6, 6.07) is 66.9. The van der Waals surface area contributed by atoms with E-state index in [9.17, 15) is 26.3 Å². The lowest BCUT2D eigenvalue weighted by Crippen LogP contribution is -2.05. The largest absolute Gasteiger partial charge is 0.416 e. The Morgan fingerprint density at radius 2 is 0.653 bits per heavy atom. The highest BCUT2D eigenvalue weighted by molar-refractivity contribution is 5.95. The second-order valence-corrected chi connectivity index (χ2v) is 17.7. The van der Waals surface area contributed by atoms with Gasteiger partial charge in [-0.3, -0.25) is 0 Å². The molecule has 0 aliphatic heterocycles. The molecule has 6 heteroatoms. The molecule has 9 rings (SSSR count). The smallest absolute Gasteiger partial charge is 0.166 e. The number of alkyl halides is 6. The maximum absolute atomic E-state index is 13.8. The van der Waals surface area contributed by atoms with Crippen LogP contribution in [-0.2, 0) is 12.4 Å². The molecular formula is C66H48F6. The molecule has 72 heavy (non-hydrogen) atoms. The molecule has 0 atom stereocenters. The van der Waals surface area contributed by atoms with E-state index in [1.807, 2.05) is 146 Å². The van der Waals surface area contributed by atoms with Gasteiger partial charge in [-0.1, -0.05) is 218 Å². The van der Waals surface area contributed by atoms with Crippen molar-refractivity contribution >= 4 is 47.6 Å². The lowest BCUT2D eigenvalue weighted by atomic mass is 9.91. The van der Waals surface area contributed by atoms with Gasteiger partial charge in [-0.05, 0) is 150 Å². The van der Waals surface area contributed by atoms with Crippen molar-refractivity contribution in [2.24, 2.45) is 0 Å². The van der Waals surface area contributed by atoms with E-state index in [1.54, 1.807) is 12.1 Å². The molecule has 0 unspecified atom stereocenters. The Bertz CT molecular complexity index is 3230. The summed E-state index contributed by atoms with van der Waals surface area (Å²) >= 11 is 0. The number of benzene rings is 9. The van der Waals surface area contributed by atoms with E-state index in [0.717, 1.165) is 90.0 Å². The van der Waals surface area contributed by atoms with Crippen LogP contribution >= 0.6 is 0 Å². The molecule has 9 aromatic rings. The van der Waals surface area contributed by atoms with Crippen molar-refractivity contribution in [2.75, 3.05) is 0 Å². The summed E-state index contributed by atoms with van der Waals surface area (Å²) in [4.78, 5) is 0. The molecule has 0 amide bonds. The van der Waals surface area contributed by atoms with Crippen LogP contribution in [0, 0.1) is 13.8 Å². The predicted octanol–water partition coefficient (Wildman–Crippen LogP) is 19.2. The fourth-order valence-corrected chi connectivity index (χ4v) is 8.89. The molecule has 0 aromatic heterocycles. The topological polar surface area (TPSA) is 0 Å². The summed E-state index contributed by atoms with van der Waals surface area (Å²) in [6.45, 7) is 4.25. The maximum Gasteiger partial charge on any atom is 0.416 e.